The van der Waals surface area contributed by atoms with Gasteiger partial charge in [-0.25, -0.2) is 0 Å². The van der Waals surface area contributed by atoms with E-state index in [2.05, 4.69) is 70.6 Å². The fourth-order valence-corrected chi connectivity index (χ4v) is 4.22. The summed E-state index contributed by atoms with van der Waals surface area (Å²) in [7, 11) is 0. The molecule has 2 aromatic rings. The van der Waals surface area contributed by atoms with Gasteiger partial charge in [-0.05, 0) is 49.1 Å². The Bertz CT molecular complexity index is 870. The van der Waals surface area contributed by atoms with Gasteiger partial charge in [0, 0.05) is 39.0 Å². The number of hydrogen-bond donors (Lipinski definition) is 2. The highest BCUT2D eigenvalue weighted by Crippen LogP contribution is 2.25. The molecule has 0 saturated carbocycles. The van der Waals surface area contributed by atoms with Crippen LogP contribution < -0.4 is 15.4 Å². The van der Waals surface area contributed by atoms with Gasteiger partial charge in [-0.3, -0.25) is 4.99 Å². The van der Waals surface area contributed by atoms with Gasteiger partial charge in [0.2, 0.25) is 0 Å². The number of fused-ring (bicyclic) bond motifs is 1. The van der Waals surface area contributed by atoms with Crippen LogP contribution in [0.4, 0.5) is 0 Å². The monoisotopic (exact) mass is 572 g/mol. The van der Waals surface area contributed by atoms with Crippen molar-refractivity contribution < 1.29 is 4.74 Å². The number of aromatic nitrogens is 3. The Morgan fingerprint density at radius 2 is 2.09 bits per heavy atom. The Morgan fingerprint density at radius 3 is 2.84 bits per heavy atom. The van der Waals surface area contributed by atoms with Gasteiger partial charge in [0.05, 0.1) is 6.61 Å². The molecular weight excluding hydrogens is 535 g/mol. The second-order valence-corrected chi connectivity index (χ2v) is 8.96. The van der Waals surface area contributed by atoms with Gasteiger partial charge >= 0.3 is 0 Å². The highest BCUT2D eigenvalue weighted by molar-refractivity contribution is 14.0. The van der Waals surface area contributed by atoms with E-state index in [0.717, 1.165) is 81.2 Å². The Morgan fingerprint density at radius 1 is 1.25 bits per heavy atom. The van der Waals surface area contributed by atoms with Crippen molar-refractivity contribution in [3.63, 3.8) is 0 Å². The van der Waals surface area contributed by atoms with E-state index in [1.54, 1.807) is 11.8 Å². The number of aryl methyl sites for hydroxylation is 1. The molecule has 9 heteroatoms. The van der Waals surface area contributed by atoms with E-state index < -0.39 is 0 Å². The maximum Gasteiger partial charge on any atom is 0.191 e. The first-order valence-corrected chi connectivity index (χ1v) is 12.6. The third-order valence-electron chi connectivity index (χ3n) is 5.16. The minimum Gasteiger partial charge on any atom is -0.493 e. The highest BCUT2D eigenvalue weighted by Gasteiger charge is 2.13. The summed E-state index contributed by atoms with van der Waals surface area (Å²) in [5.74, 6) is 3.55. The van der Waals surface area contributed by atoms with Crippen LogP contribution in [0.15, 0.2) is 28.3 Å². The molecule has 0 amide bonds. The molecule has 1 aliphatic heterocycles. The van der Waals surface area contributed by atoms with Gasteiger partial charge < -0.3 is 19.9 Å². The molecule has 0 atom stereocenters. The Balaban J connectivity index is 0.00000363. The van der Waals surface area contributed by atoms with Crippen LogP contribution in [0.1, 0.15) is 44.1 Å². The largest absolute Gasteiger partial charge is 0.493 e. The van der Waals surface area contributed by atoms with Crippen molar-refractivity contribution in [3.8, 4) is 5.75 Å². The molecule has 0 aliphatic carbocycles. The molecule has 178 valence electrons. The molecule has 0 radical (unpaired) electrons. The summed E-state index contributed by atoms with van der Waals surface area (Å²) in [6.45, 7) is 10.8. The number of nitrogens with zero attached hydrogens (tertiary/aromatic N) is 4. The van der Waals surface area contributed by atoms with Gasteiger partial charge in [-0.15, -0.1) is 34.2 Å². The minimum absolute atomic E-state index is 0. The zero-order valence-corrected chi connectivity index (χ0v) is 22.8. The number of rotatable bonds is 11. The second-order valence-electron chi connectivity index (χ2n) is 8.19. The van der Waals surface area contributed by atoms with Crippen LogP contribution in [0.3, 0.4) is 0 Å². The van der Waals surface area contributed by atoms with Crippen LogP contribution in [0.2, 0.25) is 0 Å². The summed E-state index contributed by atoms with van der Waals surface area (Å²) in [6, 6.07) is 6.52. The van der Waals surface area contributed by atoms with Crippen LogP contribution in [0.25, 0.3) is 0 Å². The summed E-state index contributed by atoms with van der Waals surface area (Å²) in [5, 5.41) is 16.5. The quantitative estimate of drug-likeness (QED) is 0.140. The molecule has 7 nitrogen and oxygen atoms in total. The third-order valence-corrected chi connectivity index (χ3v) is 5.82. The number of aliphatic imine (C=N–C) groups is 1. The van der Waals surface area contributed by atoms with Crippen LogP contribution in [0, 0.1) is 5.92 Å². The second kappa shape index (κ2) is 13.9. The normalized spacial score (nSPS) is 13.0. The average molecular weight is 573 g/mol. The van der Waals surface area contributed by atoms with Crippen LogP contribution in [-0.2, 0) is 25.8 Å². The van der Waals surface area contributed by atoms with Crippen molar-refractivity contribution in [1.82, 2.24) is 25.4 Å². The molecule has 0 bridgehead atoms. The predicted molar refractivity (Wildman–Crippen MR) is 144 cm³/mol. The smallest absolute Gasteiger partial charge is 0.191 e. The Kier molecular flexibility index (Phi) is 11.6. The lowest BCUT2D eigenvalue weighted by Crippen LogP contribution is -2.38. The number of benzene rings is 1. The topological polar surface area (TPSA) is 76.4 Å². The van der Waals surface area contributed by atoms with Crippen molar-refractivity contribution in [2.45, 2.75) is 58.2 Å². The van der Waals surface area contributed by atoms with Crippen molar-refractivity contribution in [1.29, 1.82) is 0 Å². The summed E-state index contributed by atoms with van der Waals surface area (Å²) >= 11 is 1.66. The van der Waals surface area contributed by atoms with Crippen LogP contribution in [0.5, 0.6) is 5.75 Å². The lowest BCUT2D eigenvalue weighted by Gasteiger charge is -2.12. The zero-order valence-electron chi connectivity index (χ0n) is 19.7. The van der Waals surface area contributed by atoms with Gasteiger partial charge in [0.25, 0.3) is 0 Å². The number of guanidine groups is 1. The maximum absolute atomic E-state index is 5.59. The molecule has 2 heterocycles. The molecule has 3 rings (SSSR count). The van der Waals surface area contributed by atoms with Crippen molar-refractivity contribution >= 4 is 41.7 Å². The van der Waals surface area contributed by atoms with E-state index >= 15 is 0 Å². The third kappa shape index (κ3) is 7.83. The Labute approximate surface area is 213 Å². The first-order valence-electron chi connectivity index (χ1n) is 11.3. The van der Waals surface area contributed by atoms with E-state index in [9.17, 15) is 0 Å². The molecule has 1 aliphatic rings. The molecule has 1 aromatic heterocycles. The van der Waals surface area contributed by atoms with Gasteiger partial charge in [0.15, 0.2) is 11.1 Å². The molecule has 0 fully saturated rings. The highest BCUT2D eigenvalue weighted by atomic mass is 127. The minimum atomic E-state index is 0. The Hall–Kier alpha value is -1.49. The molecule has 1 aromatic carbocycles. The molecule has 2 N–H and O–H groups in total. The molecular formula is C23H37IN6OS. The van der Waals surface area contributed by atoms with Crippen molar-refractivity contribution in [2.75, 3.05) is 32.5 Å². The zero-order chi connectivity index (χ0) is 22.1. The van der Waals surface area contributed by atoms with E-state index in [0.29, 0.717) is 5.92 Å². The van der Waals surface area contributed by atoms with E-state index in [1.165, 1.54) is 11.1 Å². The van der Waals surface area contributed by atoms with Crippen LogP contribution in [-0.4, -0.2) is 53.2 Å². The fraction of sp³-hybridized carbons (Fsp3) is 0.609. The van der Waals surface area contributed by atoms with Gasteiger partial charge in [-0.1, -0.05) is 37.7 Å². The standard InChI is InChI=1S/C23H36N6OS.HI/c1-5-24-22(26-13-10-18-8-9-20-19(15-18)11-14-30-20)25-12-6-7-21-27-28-23(31-4)29(21)16-17(2)3;/h8-9,15,17H,5-7,10-14,16H2,1-4H3,(H2,24,25,26);1H. The van der Waals surface area contributed by atoms with E-state index in [1.807, 2.05) is 0 Å². The molecule has 32 heavy (non-hydrogen) atoms. The summed E-state index contributed by atoms with van der Waals surface area (Å²) in [6.07, 6.45) is 5.88. The number of ether oxygens (including phenoxy) is 1. The SMILES string of the molecule is CCNC(=NCCCc1nnc(SC)n1CC(C)C)NCCc1ccc2c(c1)CCO2.I. The lowest BCUT2D eigenvalue weighted by atomic mass is 10.1. The summed E-state index contributed by atoms with van der Waals surface area (Å²) in [5.41, 5.74) is 2.66. The van der Waals surface area contributed by atoms with E-state index in [-0.39, 0.29) is 24.0 Å². The average Bonchev–Trinajstić information content (AvgIpc) is 3.37. The molecule has 0 saturated heterocycles. The number of hydrogen-bond acceptors (Lipinski definition) is 5. The van der Waals surface area contributed by atoms with Crippen molar-refractivity contribution in [3.05, 3.63) is 35.2 Å². The molecule has 0 unspecified atom stereocenters. The number of thioether (sulfide) groups is 1. The number of halogens is 1. The fourth-order valence-electron chi connectivity index (χ4n) is 3.69. The first-order chi connectivity index (χ1) is 15.1. The predicted octanol–water partition coefficient (Wildman–Crippen LogP) is 3.94. The number of nitrogens with one attached hydrogen (secondary N) is 2. The molecule has 0 spiro atoms. The summed E-state index contributed by atoms with van der Waals surface area (Å²) in [4.78, 5) is 4.75. The van der Waals surface area contributed by atoms with Crippen LogP contribution >= 0.6 is 35.7 Å². The van der Waals surface area contributed by atoms with Crippen molar-refractivity contribution in [2.24, 2.45) is 10.9 Å². The van der Waals surface area contributed by atoms with Gasteiger partial charge in [0.1, 0.15) is 11.6 Å². The lowest BCUT2D eigenvalue weighted by molar-refractivity contribution is 0.357. The summed E-state index contributed by atoms with van der Waals surface area (Å²) < 4.78 is 7.85. The van der Waals surface area contributed by atoms with Gasteiger partial charge in [-0.2, -0.15) is 0 Å². The first kappa shape index (κ1) is 26.8. The maximum atomic E-state index is 5.59. The van der Waals surface area contributed by atoms with E-state index in [4.69, 9.17) is 9.73 Å².